The molecule has 0 N–H and O–H groups in total. The van der Waals surface area contributed by atoms with Crippen molar-refractivity contribution in [1.82, 2.24) is 9.80 Å². The lowest BCUT2D eigenvalue weighted by Gasteiger charge is -2.41. The van der Waals surface area contributed by atoms with E-state index in [1.165, 1.54) is 12.1 Å². The Morgan fingerprint density at radius 3 is 2.41 bits per heavy atom. The molecule has 4 rings (SSSR count). The van der Waals surface area contributed by atoms with E-state index in [0.29, 0.717) is 22.4 Å². The van der Waals surface area contributed by atoms with E-state index < -0.39 is 23.9 Å². The largest absolute Gasteiger partial charge is 0.530 e. The van der Waals surface area contributed by atoms with E-state index >= 15 is 0 Å². The van der Waals surface area contributed by atoms with Gasteiger partial charge in [0.25, 0.3) is 5.91 Å². The Balaban J connectivity index is 1.63. The highest BCUT2D eigenvalue weighted by Crippen LogP contribution is 2.34. The minimum atomic E-state index is -4.42. The van der Waals surface area contributed by atoms with Crippen LogP contribution in [0.2, 0.25) is 0 Å². The summed E-state index contributed by atoms with van der Waals surface area (Å²) >= 11 is 0. The Morgan fingerprint density at radius 2 is 1.76 bits per heavy atom. The number of hydrogen-bond acceptors (Lipinski definition) is 4. The molecule has 0 saturated carbocycles. The molecule has 152 valence electrons. The number of piperazine rings is 1. The summed E-state index contributed by atoms with van der Waals surface area (Å²) in [5.74, 6) is 0.0642. The van der Waals surface area contributed by atoms with Crippen LogP contribution in [0.3, 0.4) is 0 Å². The van der Waals surface area contributed by atoms with Crippen LogP contribution in [0.25, 0.3) is 11.1 Å². The van der Waals surface area contributed by atoms with E-state index in [-0.39, 0.29) is 32.1 Å². The van der Waals surface area contributed by atoms with Crippen LogP contribution in [0, 0.1) is 0 Å². The first-order valence-corrected chi connectivity index (χ1v) is 8.95. The van der Waals surface area contributed by atoms with E-state index in [1.807, 2.05) is 0 Å². The van der Waals surface area contributed by atoms with Crippen molar-refractivity contribution in [3.05, 3.63) is 53.6 Å². The standard InChI is InChI=1S/C20H17F3N2O4/c21-20(22,23)14-4-1-12(2-5-14)13-3-6-17-16(9-13)18(26)25-8-7-24(19(27)28)10-15(25)11-29-17/h1-6,9,15H,7-8,10-11H2,(H,27,28)/p-1. The van der Waals surface area contributed by atoms with Gasteiger partial charge in [0.2, 0.25) is 0 Å². The molecule has 9 heteroatoms. The topological polar surface area (TPSA) is 72.9 Å². The van der Waals surface area contributed by atoms with E-state index in [1.54, 1.807) is 23.1 Å². The summed E-state index contributed by atoms with van der Waals surface area (Å²) in [6.45, 7) is 0.610. The van der Waals surface area contributed by atoms with Crippen molar-refractivity contribution in [3.8, 4) is 16.9 Å². The zero-order chi connectivity index (χ0) is 20.8. The van der Waals surface area contributed by atoms with Crippen LogP contribution < -0.4 is 9.84 Å². The highest BCUT2D eigenvalue weighted by atomic mass is 19.4. The van der Waals surface area contributed by atoms with Gasteiger partial charge in [0.15, 0.2) is 0 Å². The zero-order valence-electron chi connectivity index (χ0n) is 15.1. The van der Waals surface area contributed by atoms with Crippen molar-refractivity contribution < 1.29 is 32.6 Å². The molecule has 2 aromatic carbocycles. The van der Waals surface area contributed by atoms with E-state index in [9.17, 15) is 27.9 Å². The zero-order valence-corrected chi connectivity index (χ0v) is 15.1. The fourth-order valence-electron chi connectivity index (χ4n) is 3.63. The average molecular weight is 405 g/mol. The maximum absolute atomic E-state index is 13.0. The number of hydrogen-bond donors (Lipinski definition) is 0. The molecule has 2 amide bonds. The number of alkyl halides is 3. The van der Waals surface area contributed by atoms with Crippen LogP contribution in [0.5, 0.6) is 5.75 Å². The van der Waals surface area contributed by atoms with Crippen molar-refractivity contribution >= 4 is 12.0 Å². The maximum atomic E-state index is 13.0. The van der Waals surface area contributed by atoms with Crippen LogP contribution in [-0.2, 0) is 6.18 Å². The second-order valence-electron chi connectivity index (χ2n) is 6.96. The molecule has 1 atom stereocenters. The first-order chi connectivity index (χ1) is 13.7. The number of carbonyl (C=O) groups is 2. The Labute approximate surface area is 164 Å². The number of nitrogens with zero attached hydrogens (tertiary/aromatic N) is 2. The lowest BCUT2D eigenvalue weighted by atomic mass is 10.00. The molecule has 6 nitrogen and oxygen atoms in total. The number of amides is 2. The maximum Gasteiger partial charge on any atom is 0.416 e. The van der Waals surface area contributed by atoms with Crippen LogP contribution in [0.4, 0.5) is 18.0 Å². The molecular weight excluding hydrogens is 389 g/mol. The molecule has 2 heterocycles. The van der Waals surface area contributed by atoms with Gasteiger partial charge in [0.1, 0.15) is 18.4 Å². The van der Waals surface area contributed by atoms with Gasteiger partial charge in [0, 0.05) is 19.6 Å². The molecule has 0 bridgehead atoms. The molecular formula is C20H16F3N2O4-. The van der Waals surface area contributed by atoms with Gasteiger partial charge in [0.05, 0.1) is 17.2 Å². The van der Waals surface area contributed by atoms with Crippen molar-refractivity contribution in [2.75, 3.05) is 26.2 Å². The predicted molar refractivity (Wildman–Crippen MR) is 94.2 cm³/mol. The van der Waals surface area contributed by atoms with Crippen LogP contribution in [0.15, 0.2) is 42.5 Å². The van der Waals surface area contributed by atoms with E-state index in [2.05, 4.69) is 0 Å². The fourth-order valence-corrected chi connectivity index (χ4v) is 3.63. The van der Waals surface area contributed by atoms with Gasteiger partial charge in [-0.2, -0.15) is 13.2 Å². The van der Waals surface area contributed by atoms with E-state index in [0.717, 1.165) is 17.0 Å². The summed E-state index contributed by atoms with van der Waals surface area (Å²) in [6.07, 6.45) is -5.71. The summed E-state index contributed by atoms with van der Waals surface area (Å²) in [5, 5.41) is 11.1. The monoisotopic (exact) mass is 405 g/mol. The van der Waals surface area contributed by atoms with Crippen molar-refractivity contribution in [1.29, 1.82) is 0 Å². The highest BCUT2D eigenvalue weighted by Gasteiger charge is 2.35. The molecule has 0 radical (unpaired) electrons. The molecule has 1 unspecified atom stereocenters. The van der Waals surface area contributed by atoms with Gasteiger partial charge in [-0.25, -0.2) is 0 Å². The van der Waals surface area contributed by atoms with Gasteiger partial charge < -0.3 is 24.4 Å². The minimum Gasteiger partial charge on any atom is -0.530 e. The first kappa shape index (κ1) is 19.1. The number of fused-ring (bicyclic) bond motifs is 2. The average Bonchev–Trinajstić information content (AvgIpc) is 2.84. The minimum absolute atomic E-state index is 0.105. The molecule has 0 aliphatic carbocycles. The second kappa shape index (κ2) is 6.98. The number of carbonyl (C=O) groups excluding carboxylic acids is 2. The van der Waals surface area contributed by atoms with Gasteiger partial charge in [-0.3, -0.25) is 4.79 Å². The quantitative estimate of drug-likeness (QED) is 0.730. The molecule has 0 aromatic heterocycles. The Hall–Kier alpha value is -3.23. The summed E-state index contributed by atoms with van der Waals surface area (Å²) in [6, 6.07) is 9.14. The van der Waals surface area contributed by atoms with E-state index in [4.69, 9.17) is 4.74 Å². The molecule has 2 aliphatic rings. The third-order valence-electron chi connectivity index (χ3n) is 5.19. The number of rotatable bonds is 1. The Kier molecular flexibility index (Phi) is 4.60. The van der Waals surface area contributed by atoms with Gasteiger partial charge in [-0.15, -0.1) is 0 Å². The molecule has 1 saturated heterocycles. The molecule has 29 heavy (non-hydrogen) atoms. The Bertz CT molecular complexity index is 959. The SMILES string of the molecule is O=C([O-])N1CCN2C(=O)c3cc(-c4ccc(C(F)(F)F)cc4)ccc3OCC2C1. The predicted octanol–water partition coefficient (Wildman–Crippen LogP) is 2.23. The van der Waals surface area contributed by atoms with Gasteiger partial charge in [-0.1, -0.05) is 18.2 Å². The van der Waals surface area contributed by atoms with Crippen LogP contribution >= 0.6 is 0 Å². The molecule has 0 spiro atoms. The summed E-state index contributed by atoms with van der Waals surface area (Å²) in [7, 11) is 0. The van der Waals surface area contributed by atoms with Crippen LogP contribution in [-0.4, -0.2) is 54.1 Å². The normalized spacial score (nSPS) is 19.1. The van der Waals surface area contributed by atoms with Crippen molar-refractivity contribution in [2.24, 2.45) is 0 Å². The molecule has 2 aliphatic heterocycles. The Morgan fingerprint density at radius 1 is 1.07 bits per heavy atom. The van der Waals surface area contributed by atoms with Crippen LogP contribution in [0.1, 0.15) is 15.9 Å². The lowest BCUT2D eigenvalue weighted by Crippen LogP contribution is -2.59. The summed E-state index contributed by atoms with van der Waals surface area (Å²) in [4.78, 5) is 26.8. The number of ether oxygens (including phenoxy) is 1. The fraction of sp³-hybridized carbons (Fsp3) is 0.300. The van der Waals surface area contributed by atoms with Crippen molar-refractivity contribution in [2.45, 2.75) is 12.2 Å². The number of carboxylic acid groups (broad SMARTS) is 1. The second-order valence-corrected chi connectivity index (χ2v) is 6.96. The molecule has 1 fully saturated rings. The lowest BCUT2D eigenvalue weighted by molar-refractivity contribution is -0.267. The molecule has 2 aromatic rings. The summed E-state index contributed by atoms with van der Waals surface area (Å²) < 4.78 is 44.0. The third-order valence-corrected chi connectivity index (χ3v) is 5.19. The van der Waals surface area contributed by atoms with Gasteiger partial charge in [-0.05, 0) is 35.4 Å². The van der Waals surface area contributed by atoms with Gasteiger partial charge >= 0.3 is 6.18 Å². The smallest absolute Gasteiger partial charge is 0.416 e. The highest BCUT2D eigenvalue weighted by molar-refractivity contribution is 5.99. The third kappa shape index (κ3) is 3.59. The summed E-state index contributed by atoms with van der Waals surface area (Å²) in [5.41, 5.74) is 0.674. The first-order valence-electron chi connectivity index (χ1n) is 8.95. The van der Waals surface area contributed by atoms with Crippen molar-refractivity contribution in [3.63, 3.8) is 0 Å². The number of halogens is 3. The number of benzene rings is 2.